The third-order valence-electron chi connectivity index (χ3n) is 2.94. The quantitative estimate of drug-likeness (QED) is 0.861. The van der Waals surface area contributed by atoms with Crippen LogP contribution in [0, 0.1) is 0 Å². The van der Waals surface area contributed by atoms with Crippen molar-refractivity contribution in [1.82, 2.24) is 10.3 Å². The number of aromatic nitrogens is 1. The van der Waals surface area contributed by atoms with Gasteiger partial charge in [-0.05, 0) is 37.1 Å². The summed E-state index contributed by atoms with van der Waals surface area (Å²) < 4.78 is 5.16. The zero-order valence-electron chi connectivity index (χ0n) is 10.4. The van der Waals surface area contributed by atoms with Crippen LogP contribution in [0.1, 0.15) is 29.1 Å². The molecular formula is C14H15N3O2. The van der Waals surface area contributed by atoms with E-state index in [1.807, 2.05) is 12.1 Å². The van der Waals surface area contributed by atoms with Gasteiger partial charge < -0.3 is 15.1 Å². The van der Waals surface area contributed by atoms with Crippen LogP contribution in [0.5, 0.6) is 0 Å². The van der Waals surface area contributed by atoms with Crippen molar-refractivity contribution in [3.8, 4) is 0 Å². The van der Waals surface area contributed by atoms with Gasteiger partial charge in [0.1, 0.15) is 11.5 Å². The second-order valence-corrected chi connectivity index (χ2v) is 4.61. The molecule has 2 heterocycles. The number of hydrogen-bond acceptors (Lipinski definition) is 4. The lowest BCUT2D eigenvalue weighted by Gasteiger charge is -2.06. The van der Waals surface area contributed by atoms with E-state index in [0.29, 0.717) is 18.3 Å². The molecule has 98 valence electrons. The molecule has 1 amide bonds. The highest BCUT2D eigenvalue weighted by molar-refractivity contribution is 5.93. The van der Waals surface area contributed by atoms with Crippen LogP contribution in [0.2, 0.25) is 0 Å². The van der Waals surface area contributed by atoms with Crippen molar-refractivity contribution >= 4 is 11.6 Å². The molecule has 2 aromatic heterocycles. The van der Waals surface area contributed by atoms with E-state index in [1.165, 1.54) is 12.8 Å². The summed E-state index contributed by atoms with van der Waals surface area (Å²) in [4.78, 5) is 16.0. The molecule has 19 heavy (non-hydrogen) atoms. The van der Waals surface area contributed by atoms with Gasteiger partial charge in [0, 0.05) is 17.9 Å². The molecule has 2 N–H and O–H groups in total. The Morgan fingerprint density at radius 1 is 1.42 bits per heavy atom. The maximum atomic E-state index is 12.0. The molecule has 2 aromatic rings. The summed E-state index contributed by atoms with van der Waals surface area (Å²) in [5.74, 6) is 0.524. The topological polar surface area (TPSA) is 67.2 Å². The molecule has 0 bridgehead atoms. The van der Waals surface area contributed by atoms with Gasteiger partial charge in [0.15, 0.2) is 0 Å². The summed E-state index contributed by atoms with van der Waals surface area (Å²) in [6.45, 7) is 0.369. The highest BCUT2D eigenvalue weighted by atomic mass is 16.3. The van der Waals surface area contributed by atoms with Crippen molar-refractivity contribution < 1.29 is 9.21 Å². The Morgan fingerprint density at radius 2 is 2.32 bits per heavy atom. The van der Waals surface area contributed by atoms with E-state index in [2.05, 4.69) is 15.6 Å². The number of pyridine rings is 1. The second kappa shape index (κ2) is 5.14. The van der Waals surface area contributed by atoms with Crippen molar-refractivity contribution in [1.29, 1.82) is 0 Å². The SMILES string of the molecule is O=C(NCc1ccco1)c1cc(NC2CC2)ccn1. The van der Waals surface area contributed by atoms with Gasteiger partial charge in [-0.2, -0.15) is 0 Å². The third kappa shape index (κ3) is 3.13. The van der Waals surface area contributed by atoms with Crippen LogP contribution >= 0.6 is 0 Å². The maximum Gasteiger partial charge on any atom is 0.270 e. The first kappa shape index (κ1) is 11.8. The van der Waals surface area contributed by atoms with E-state index in [4.69, 9.17) is 4.42 Å². The Hall–Kier alpha value is -2.30. The van der Waals surface area contributed by atoms with Crippen LogP contribution < -0.4 is 10.6 Å². The number of nitrogens with zero attached hydrogens (tertiary/aromatic N) is 1. The monoisotopic (exact) mass is 257 g/mol. The molecule has 1 saturated carbocycles. The molecule has 1 fully saturated rings. The van der Waals surface area contributed by atoms with Crippen molar-refractivity contribution in [3.05, 3.63) is 48.2 Å². The van der Waals surface area contributed by atoms with Gasteiger partial charge in [0.05, 0.1) is 12.8 Å². The lowest BCUT2D eigenvalue weighted by molar-refractivity contribution is 0.0943. The Bertz CT molecular complexity index is 562. The normalized spacial score (nSPS) is 14.1. The molecule has 0 radical (unpaired) electrons. The van der Waals surface area contributed by atoms with Gasteiger partial charge in [-0.15, -0.1) is 0 Å². The van der Waals surface area contributed by atoms with Gasteiger partial charge in [-0.25, -0.2) is 0 Å². The first-order chi connectivity index (χ1) is 9.31. The minimum Gasteiger partial charge on any atom is -0.467 e. The number of furan rings is 1. The molecule has 1 aliphatic carbocycles. The number of anilines is 1. The molecule has 0 unspecified atom stereocenters. The van der Waals surface area contributed by atoms with E-state index >= 15 is 0 Å². The van der Waals surface area contributed by atoms with Crippen molar-refractivity contribution in [3.63, 3.8) is 0 Å². The van der Waals surface area contributed by atoms with Crippen LogP contribution in [0.15, 0.2) is 41.1 Å². The van der Waals surface area contributed by atoms with Gasteiger partial charge in [0.2, 0.25) is 0 Å². The minimum absolute atomic E-state index is 0.198. The van der Waals surface area contributed by atoms with E-state index in [-0.39, 0.29) is 5.91 Å². The van der Waals surface area contributed by atoms with Crippen molar-refractivity contribution in [2.75, 3.05) is 5.32 Å². The smallest absolute Gasteiger partial charge is 0.270 e. The first-order valence-corrected chi connectivity index (χ1v) is 6.34. The summed E-state index contributed by atoms with van der Waals surface area (Å²) in [7, 11) is 0. The van der Waals surface area contributed by atoms with Crippen LogP contribution in [-0.4, -0.2) is 16.9 Å². The van der Waals surface area contributed by atoms with Crippen molar-refractivity contribution in [2.24, 2.45) is 0 Å². The highest BCUT2D eigenvalue weighted by Crippen LogP contribution is 2.24. The number of rotatable bonds is 5. The van der Waals surface area contributed by atoms with Gasteiger partial charge in [0.25, 0.3) is 5.91 Å². The summed E-state index contributed by atoms with van der Waals surface area (Å²) in [6, 6.07) is 7.82. The maximum absolute atomic E-state index is 12.0. The molecule has 3 rings (SSSR count). The fourth-order valence-electron chi connectivity index (χ4n) is 1.78. The Labute approximate surface area is 111 Å². The Kier molecular flexibility index (Phi) is 3.18. The van der Waals surface area contributed by atoms with Crippen LogP contribution in [0.4, 0.5) is 5.69 Å². The van der Waals surface area contributed by atoms with Crippen molar-refractivity contribution in [2.45, 2.75) is 25.4 Å². The Balaban J connectivity index is 1.61. The highest BCUT2D eigenvalue weighted by Gasteiger charge is 2.21. The van der Waals surface area contributed by atoms with E-state index in [0.717, 1.165) is 11.4 Å². The van der Waals surface area contributed by atoms with E-state index in [9.17, 15) is 4.79 Å². The second-order valence-electron chi connectivity index (χ2n) is 4.61. The number of hydrogen-bond donors (Lipinski definition) is 2. The Morgan fingerprint density at radius 3 is 3.05 bits per heavy atom. The fraction of sp³-hybridized carbons (Fsp3) is 0.286. The van der Waals surface area contributed by atoms with Crippen LogP contribution in [0.3, 0.4) is 0 Å². The zero-order chi connectivity index (χ0) is 13.1. The molecule has 0 atom stereocenters. The minimum atomic E-state index is -0.198. The van der Waals surface area contributed by atoms with Crippen LogP contribution in [-0.2, 0) is 6.54 Å². The molecule has 5 nitrogen and oxygen atoms in total. The molecule has 0 aliphatic heterocycles. The molecule has 0 spiro atoms. The predicted molar refractivity (Wildman–Crippen MR) is 70.8 cm³/mol. The number of carbonyl (C=O) groups is 1. The van der Waals surface area contributed by atoms with E-state index in [1.54, 1.807) is 24.6 Å². The van der Waals surface area contributed by atoms with Gasteiger partial charge in [-0.1, -0.05) is 0 Å². The number of amides is 1. The lowest BCUT2D eigenvalue weighted by Crippen LogP contribution is -2.23. The lowest BCUT2D eigenvalue weighted by atomic mass is 10.3. The van der Waals surface area contributed by atoms with E-state index < -0.39 is 0 Å². The summed E-state index contributed by atoms with van der Waals surface area (Å²) in [5.41, 5.74) is 1.36. The van der Waals surface area contributed by atoms with Gasteiger partial charge in [-0.3, -0.25) is 9.78 Å². The largest absolute Gasteiger partial charge is 0.467 e. The summed E-state index contributed by atoms with van der Waals surface area (Å²) >= 11 is 0. The average Bonchev–Trinajstić information content (AvgIpc) is 3.08. The molecular weight excluding hydrogens is 242 g/mol. The summed E-state index contributed by atoms with van der Waals surface area (Å²) in [6.07, 6.45) is 5.62. The molecule has 5 heteroatoms. The van der Waals surface area contributed by atoms with Gasteiger partial charge >= 0.3 is 0 Å². The number of carbonyl (C=O) groups excluding carboxylic acids is 1. The average molecular weight is 257 g/mol. The molecule has 0 saturated heterocycles. The fourth-order valence-corrected chi connectivity index (χ4v) is 1.78. The predicted octanol–water partition coefficient (Wildman–Crippen LogP) is 2.18. The standard InChI is InChI=1S/C14H15N3O2/c18-14(16-9-12-2-1-7-19-12)13-8-11(5-6-15-13)17-10-3-4-10/h1-2,5-8,10H,3-4,9H2,(H,15,17)(H,16,18). The number of nitrogens with one attached hydrogen (secondary N) is 2. The molecule has 1 aliphatic rings. The summed E-state index contributed by atoms with van der Waals surface area (Å²) in [5, 5.41) is 6.12. The van der Waals surface area contributed by atoms with Crippen LogP contribution in [0.25, 0.3) is 0 Å². The zero-order valence-corrected chi connectivity index (χ0v) is 10.4. The third-order valence-corrected chi connectivity index (χ3v) is 2.94. The first-order valence-electron chi connectivity index (χ1n) is 6.34. The molecule has 0 aromatic carbocycles.